The van der Waals surface area contributed by atoms with E-state index in [4.69, 9.17) is 21.1 Å². The van der Waals surface area contributed by atoms with E-state index in [1.54, 1.807) is 30.7 Å². The molecule has 0 N–H and O–H groups in total. The Morgan fingerprint density at radius 1 is 1.38 bits per heavy atom. The fourth-order valence-corrected chi connectivity index (χ4v) is 4.26. The van der Waals surface area contributed by atoms with E-state index in [1.807, 2.05) is 0 Å². The van der Waals surface area contributed by atoms with E-state index in [1.165, 1.54) is 6.07 Å². The summed E-state index contributed by atoms with van der Waals surface area (Å²) in [7, 11) is -1.21. The third kappa shape index (κ3) is 6.38. The number of alkyl halides is 1. The van der Waals surface area contributed by atoms with Gasteiger partial charge in [-0.05, 0) is 32.0 Å². The van der Waals surface area contributed by atoms with Gasteiger partial charge in [-0.2, -0.15) is 5.10 Å². The van der Waals surface area contributed by atoms with Crippen LogP contribution < -0.4 is 0 Å². The second kappa shape index (κ2) is 10.2. The number of benzene rings is 1. The molecule has 0 bridgehead atoms. The van der Waals surface area contributed by atoms with Crippen molar-refractivity contribution in [3.63, 3.8) is 0 Å². The molecule has 0 fully saturated rings. The maximum atomic E-state index is 14.5. The molecule has 1 aromatic heterocycles. The van der Waals surface area contributed by atoms with E-state index in [0.29, 0.717) is 22.3 Å². The van der Waals surface area contributed by atoms with Gasteiger partial charge >= 0.3 is 5.97 Å². The summed E-state index contributed by atoms with van der Waals surface area (Å²) in [5.74, 6) is -1.05. The molecule has 2 aromatic rings. The molecule has 0 aliphatic rings. The van der Waals surface area contributed by atoms with Crippen molar-refractivity contribution in [2.75, 3.05) is 13.2 Å². The van der Waals surface area contributed by atoms with Crippen LogP contribution in [0, 0.1) is 12.7 Å². The van der Waals surface area contributed by atoms with Gasteiger partial charge in [0.05, 0.1) is 12.0 Å². The molecule has 0 amide bonds. The van der Waals surface area contributed by atoms with Crippen LogP contribution in [0.2, 0.25) is 25.7 Å². The van der Waals surface area contributed by atoms with Crippen molar-refractivity contribution < 1.29 is 18.7 Å². The third-order valence-electron chi connectivity index (χ3n) is 4.42. The van der Waals surface area contributed by atoms with Crippen LogP contribution in [0.5, 0.6) is 0 Å². The number of aromatic nitrogens is 2. The number of hydrogen-bond acceptors (Lipinski definition) is 4. The van der Waals surface area contributed by atoms with Crippen molar-refractivity contribution in [2.45, 2.75) is 51.6 Å². The van der Waals surface area contributed by atoms with E-state index in [2.05, 4.69) is 40.7 Å². The molecule has 0 radical (unpaired) electrons. The molecule has 1 unspecified atom stereocenters. The molecule has 1 aromatic carbocycles. The molecule has 1 heterocycles. The van der Waals surface area contributed by atoms with Gasteiger partial charge in [-0.15, -0.1) is 11.6 Å². The van der Waals surface area contributed by atoms with Gasteiger partial charge < -0.3 is 9.47 Å². The van der Waals surface area contributed by atoms with Crippen LogP contribution in [0.1, 0.15) is 39.6 Å². The SMILES string of the molecule is CCOC(=O)c1nn(COCC[Si](C)(C)C)c(C)c1C(Cl)c1ccc(Br)cc1F. The summed E-state index contributed by atoms with van der Waals surface area (Å²) in [5, 5.41) is 3.48. The zero-order chi connectivity index (χ0) is 21.8. The van der Waals surface area contributed by atoms with Crippen molar-refractivity contribution in [2.24, 2.45) is 0 Å². The second-order valence-corrected chi connectivity index (χ2v) is 14.9. The quantitative estimate of drug-likeness (QED) is 0.184. The lowest BCUT2D eigenvalue weighted by Crippen LogP contribution is -2.22. The summed E-state index contributed by atoms with van der Waals surface area (Å²) in [4.78, 5) is 12.5. The maximum Gasteiger partial charge on any atom is 0.359 e. The average Bonchev–Trinajstić information content (AvgIpc) is 2.94. The van der Waals surface area contributed by atoms with Gasteiger partial charge in [-0.25, -0.2) is 13.9 Å². The molecule has 0 saturated carbocycles. The fourth-order valence-electron chi connectivity index (χ4n) is 2.73. The molecule has 0 aliphatic heterocycles. The van der Waals surface area contributed by atoms with Crippen molar-refractivity contribution in [3.05, 3.63) is 51.0 Å². The number of esters is 1. The Balaban J connectivity index is 2.35. The normalized spacial score (nSPS) is 12.8. The summed E-state index contributed by atoms with van der Waals surface area (Å²) in [6.07, 6.45) is 0. The first-order valence-corrected chi connectivity index (χ1v) is 14.4. The molecular formula is C20H27BrClFN2O3Si. The summed E-state index contributed by atoms with van der Waals surface area (Å²) >= 11 is 9.87. The Morgan fingerprint density at radius 3 is 2.66 bits per heavy atom. The highest BCUT2D eigenvalue weighted by Crippen LogP contribution is 2.36. The lowest BCUT2D eigenvalue weighted by Gasteiger charge is -2.16. The van der Waals surface area contributed by atoms with Gasteiger partial charge in [0.1, 0.15) is 12.5 Å². The molecular weight excluding hydrogens is 479 g/mol. The van der Waals surface area contributed by atoms with E-state index in [-0.39, 0.29) is 24.6 Å². The first-order valence-electron chi connectivity index (χ1n) is 9.46. The molecule has 1 atom stereocenters. The number of carbonyl (C=O) groups excluding carboxylic acids is 1. The van der Waals surface area contributed by atoms with Gasteiger partial charge in [0.2, 0.25) is 0 Å². The van der Waals surface area contributed by atoms with Crippen LogP contribution in [-0.2, 0) is 16.2 Å². The minimum atomic E-state index is -1.21. The first kappa shape index (κ1) is 24.1. The number of hydrogen-bond donors (Lipinski definition) is 0. The largest absolute Gasteiger partial charge is 0.461 e. The topological polar surface area (TPSA) is 53.3 Å². The Morgan fingerprint density at radius 2 is 2.07 bits per heavy atom. The zero-order valence-electron chi connectivity index (χ0n) is 17.4. The molecule has 29 heavy (non-hydrogen) atoms. The zero-order valence-corrected chi connectivity index (χ0v) is 20.7. The smallest absolute Gasteiger partial charge is 0.359 e. The number of halogens is 3. The number of nitrogens with zero attached hydrogens (tertiary/aromatic N) is 2. The standard InChI is InChI=1S/C20H27BrClFN2O3Si/c1-6-28-20(26)19-17(18(22)15-8-7-14(21)11-16(15)23)13(2)25(24-19)12-27-9-10-29(3,4)5/h7-8,11,18H,6,9-10,12H2,1-5H3. The van der Waals surface area contributed by atoms with Crippen LogP contribution in [-0.4, -0.2) is 37.0 Å². The van der Waals surface area contributed by atoms with Crippen LogP contribution in [0.4, 0.5) is 4.39 Å². The van der Waals surface area contributed by atoms with Crippen LogP contribution in [0.15, 0.2) is 22.7 Å². The first-order chi connectivity index (χ1) is 13.5. The van der Waals surface area contributed by atoms with Crippen LogP contribution in [0.3, 0.4) is 0 Å². The molecule has 2 rings (SSSR count). The van der Waals surface area contributed by atoms with E-state index >= 15 is 0 Å². The maximum absolute atomic E-state index is 14.5. The summed E-state index contributed by atoms with van der Waals surface area (Å²) < 4.78 is 27.6. The lowest BCUT2D eigenvalue weighted by molar-refractivity contribution is 0.0509. The molecule has 0 saturated heterocycles. The van der Waals surface area contributed by atoms with Gasteiger partial charge in [0, 0.05) is 36.0 Å². The fraction of sp³-hybridized carbons (Fsp3) is 0.500. The minimum Gasteiger partial charge on any atom is -0.461 e. The minimum absolute atomic E-state index is 0.0838. The molecule has 5 nitrogen and oxygen atoms in total. The Labute approximate surface area is 185 Å². The molecule has 160 valence electrons. The highest BCUT2D eigenvalue weighted by atomic mass is 79.9. The highest BCUT2D eigenvalue weighted by Gasteiger charge is 2.29. The van der Waals surface area contributed by atoms with Gasteiger partial charge in [0.25, 0.3) is 0 Å². The predicted octanol–water partition coefficient (Wildman–Crippen LogP) is 5.91. The van der Waals surface area contributed by atoms with E-state index in [0.717, 1.165) is 6.04 Å². The monoisotopic (exact) mass is 504 g/mol. The van der Waals surface area contributed by atoms with E-state index < -0.39 is 25.2 Å². The number of rotatable bonds is 9. The number of ether oxygens (including phenoxy) is 2. The number of carbonyl (C=O) groups is 1. The highest BCUT2D eigenvalue weighted by molar-refractivity contribution is 9.10. The summed E-state index contributed by atoms with van der Waals surface area (Å²) in [5.41, 5.74) is 1.42. The summed E-state index contributed by atoms with van der Waals surface area (Å²) in [6, 6.07) is 5.66. The Hall–Kier alpha value is -1.22. The third-order valence-corrected chi connectivity index (χ3v) is 7.07. The second-order valence-electron chi connectivity index (χ2n) is 7.94. The Kier molecular flexibility index (Phi) is 8.45. The van der Waals surface area contributed by atoms with Gasteiger partial charge in [0.15, 0.2) is 5.69 Å². The summed E-state index contributed by atoms with van der Waals surface area (Å²) in [6.45, 7) is 11.3. The van der Waals surface area contributed by atoms with Crippen molar-refractivity contribution in [1.82, 2.24) is 9.78 Å². The Bertz CT molecular complexity index is 870. The van der Waals surface area contributed by atoms with Crippen LogP contribution >= 0.6 is 27.5 Å². The van der Waals surface area contributed by atoms with Gasteiger partial charge in [-0.1, -0.05) is 41.6 Å². The van der Waals surface area contributed by atoms with E-state index in [9.17, 15) is 9.18 Å². The molecule has 9 heteroatoms. The molecule has 0 spiro atoms. The van der Waals surface area contributed by atoms with Crippen molar-refractivity contribution in [1.29, 1.82) is 0 Å². The van der Waals surface area contributed by atoms with Gasteiger partial charge in [-0.3, -0.25) is 0 Å². The van der Waals surface area contributed by atoms with Crippen molar-refractivity contribution >= 4 is 41.6 Å². The lowest BCUT2D eigenvalue weighted by atomic mass is 10.0. The predicted molar refractivity (Wildman–Crippen MR) is 119 cm³/mol. The van der Waals surface area contributed by atoms with Crippen LogP contribution in [0.25, 0.3) is 0 Å². The van der Waals surface area contributed by atoms with Crippen molar-refractivity contribution in [3.8, 4) is 0 Å². The molecule has 0 aliphatic carbocycles. The average molecular weight is 506 g/mol.